The highest BCUT2D eigenvalue weighted by Crippen LogP contribution is 2.26. The fourth-order valence-electron chi connectivity index (χ4n) is 3.17. The van der Waals surface area contributed by atoms with E-state index in [4.69, 9.17) is 9.47 Å². The van der Waals surface area contributed by atoms with Crippen molar-refractivity contribution in [2.24, 2.45) is 0 Å². The van der Waals surface area contributed by atoms with Crippen molar-refractivity contribution in [1.82, 2.24) is 0 Å². The average Bonchev–Trinajstić information content (AvgIpc) is 2.71. The third kappa shape index (κ3) is 5.67. The molecule has 4 heteroatoms. The van der Waals surface area contributed by atoms with Crippen LogP contribution in [-0.4, -0.2) is 6.16 Å². The van der Waals surface area contributed by atoms with Gasteiger partial charge in [-0.25, -0.2) is 9.18 Å². The van der Waals surface area contributed by atoms with Crippen LogP contribution in [0.15, 0.2) is 66.7 Å². The minimum absolute atomic E-state index is 0.254. The molecular formula is C25H25FO3. The Bertz CT molecular complexity index is 947. The lowest BCUT2D eigenvalue weighted by atomic mass is 10.0. The van der Waals surface area contributed by atoms with Crippen molar-refractivity contribution in [2.75, 3.05) is 0 Å². The van der Waals surface area contributed by atoms with Gasteiger partial charge >= 0.3 is 6.16 Å². The van der Waals surface area contributed by atoms with Gasteiger partial charge in [0.25, 0.3) is 0 Å². The number of halogens is 1. The Morgan fingerprint density at radius 2 is 1.28 bits per heavy atom. The van der Waals surface area contributed by atoms with Gasteiger partial charge in [-0.05, 0) is 59.9 Å². The fourth-order valence-corrected chi connectivity index (χ4v) is 3.17. The van der Waals surface area contributed by atoms with E-state index in [0.717, 1.165) is 36.8 Å². The molecule has 3 aromatic carbocycles. The summed E-state index contributed by atoms with van der Waals surface area (Å²) in [6.07, 6.45) is 3.07. The predicted octanol–water partition coefficient (Wildman–Crippen LogP) is 6.98. The number of hydrogen-bond acceptors (Lipinski definition) is 3. The Labute approximate surface area is 171 Å². The molecule has 0 saturated carbocycles. The van der Waals surface area contributed by atoms with Crippen molar-refractivity contribution in [1.29, 1.82) is 0 Å². The second-order valence-electron chi connectivity index (χ2n) is 6.94. The van der Waals surface area contributed by atoms with E-state index in [1.54, 1.807) is 48.5 Å². The van der Waals surface area contributed by atoms with Gasteiger partial charge in [-0.1, -0.05) is 63.1 Å². The van der Waals surface area contributed by atoms with E-state index in [0.29, 0.717) is 17.1 Å². The number of rotatable bonds is 7. The fraction of sp³-hybridized carbons (Fsp3) is 0.240. The van der Waals surface area contributed by atoms with Crippen molar-refractivity contribution in [2.45, 2.75) is 39.5 Å². The van der Waals surface area contributed by atoms with E-state index in [-0.39, 0.29) is 5.82 Å². The van der Waals surface area contributed by atoms with E-state index in [1.807, 2.05) is 18.2 Å². The molecule has 3 rings (SSSR count). The van der Waals surface area contributed by atoms with Crippen LogP contribution in [0.3, 0.4) is 0 Å². The summed E-state index contributed by atoms with van der Waals surface area (Å²) in [6.45, 7) is 4.18. The Balaban J connectivity index is 1.62. The molecule has 0 aliphatic heterocycles. The molecule has 0 aromatic heterocycles. The molecule has 0 saturated heterocycles. The summed E-state index contributed by atoms with van der Waals surface area (Å²) in [5, 5.41) is 0. The molecule has 29 heavy (non-hydrogen) atoms. The van der Waals surface area contributed by atoms with Crippen LogP contribution in [-0.2, 0) is 12.8 Å². The Morgan fingerprint density at radius 1 is 0.759 bits per heavy atom. The monoisotopic (exact) mass is 392 g/mol. The van der Waals surface area contributed by atoms with Gasteiger partial charge in [0.15, 0.2) is 0 Å². The van der Waals surface area contributed by atoms with Crippen molar-refractivity contribution >= 4 is 6.16 Å². The van der Waals surface area contributed by atoms with Gasteiger partial charge in [0.2, 0.25) is 0 Å². The molecule has 0 bridgehead atoms. The van der Waals surface area contributed by atoms with E-state index < -0.39 is 6.16 Å². The first-order valence-electron chi connectivity index (χ1n) is 9.96. The molecule has 0 amide bonds. The van der Waals surface area contributed by atoms with E-state index >= 15 is 0 Å². The van der Waals surface area contributed by atoms with E-state index in [2.05, 4.69) is 13.8 Å². The largest absolute Gasteiger partial charge is 0.519 e. The highest BCUT2D eigenvalue weighted by Gasteiger charge is 2.10. The Kier molecular flexibility index (Phi) is 7.01. The van der Waals surface area contributed by atoms with Crippen LogP contribution >= 0.6 is 0 Å². The molecule has 0 N–H and O–H groups in total. The molecular weight excluding hydrogens is 367 g/mol. The smallest absolute Gasteiger partial charge is 0.395 e. The third-order valence-electron chi connectivity index (χ3n) is 4.60. The average molecular weight is 392 g/mol. The summed E-state index contributed by atoms with van der Waals surface area (Å²) in [5.74, 6) is 0.514. The summed E-state index contributed by atoms with van der Waals surface area (Å²) in [6, 6.07) is 19.4. The summed E-state index contributed by atoms with van der Waals surface area (Å²) < 4.78 is 24.8. The minimum Gasteiger partial charge on any atom is -0.395 e. The van der Waals surface area contributed by atoms with Crippen LogP contribution in [0.2, 0.25) is 0 Å². The van der Waals surface area contributed by atoms with Gasteiger partial charge in [-0.2, -0.15) is 0 Å². The SMILES string of the molecule is CCCc1ccc(OC(=O)Oc2ccc(-c3ccc(CCC)cc3F)cc2)cc1. The minimum atomic E-state index is -0.809. The number of aryl methyl sites for hydroxylation is 2. The van der Waals surface area contributed by atoms with Crippen LogP contribution in [0.25, 0.3) is 11.1 Å². The molecule has 0 radical (unpaired) electrons. The number of benzene rings is 3. The van der Waals surface area contributed by atoms with Crippen LogP contribution < -0.4 is 9.47 Å². The number of hydrogen-bond donors (Lipinski definition) is 0. The molecule has 0 fully saturated rings. The quantitative estimate of drug-likeness (QED) is 0.321. The maximum atomic E-state index is 14.4. The summed E-state index contributed by atoms with van der Waals surface area (Å²) in [4.78, 5) is 12.0. The zero-order valence-corrected chi connectivity index (χ0v) is 16.8. The second kappa shape index (κ2) is 9.87. The lowest BCUT2D eigenvalue weighted by molar-refractivity contribution is 0.152. The number of carbonyl (C=O) groups excluding carboxylic acids is 1. The summed E-state index contributed by atoms with van der Waals surface area (Å²) in [7, 11) is 0. The molecule has 0 heterocycles. The molecule has 0 unspecified atom stereocenters. The zero-order chi connectivity index (χ0) is 20.6. The topological polar surface area (TPSA) is 35.5 Å². The van der Waals surface area contributed by atoms with Crippen LogP contribution in [0.5, 0.6) is 11.5 Å². The Hall–Kier alpha value is -3.14. The van der Waals surface area contributed by atoms with Crippen LogP contribution in [0.1, 0.15) is 37.8 Å². The molecule has 0 aliphatic rings. The zero-order valence-electron chi connectivity index (χ0n) is 16.8. The van der Waals surface area contributed by atoms with Gasteiger partial charge in [-0.15, -0.1) is 0 Å². The van der Waals surface area contributed by atoms with Crippen molar-refractivity contribution in [3.05, 3.63) is 83.7 Å². The molecule has 3 aromatic rings. The highest BCUT2D eigenvalue weighted by molar-refractivity contribution is 5.69. The molecule has 0 atom stereocenters. The predicted molar refractivity (Wildman–Crippen MR) is 113 cm³/mol. The lowest BCUT2D eigenvalue weighted by Gasteiger charge is -2.09. The molecule has 0 aliphatic carbocycles. The maximum Gasteiger partial charge on any atom is 0.519 e. The van der Waals surface area contributed by atoms with Gasteiger partial charge in [-0.3, -0.25) is 0 Å². The van der Waals surface area contributed by atoms with Gasteiger partial charge in [0.05, 0.1) is 0 Å². The first-order valence-corrected chi connectivity index (χ1v) is 9.96. The van der Waals surface area contributed by atoms with Crippen molar-refractivity contribution < 1.29 is 18.7 Å². The van der Waals surface area contributed by atoms with Gasteiger partial charge < -0.3 is 9.47 Å². The number of carbonyl (C=O) groups is 1. The second-order valence-corrected chi connectivity index (χ2v) is 6.94. The third-order valence-corrected chi connectivity index (χ3v) is 4.60. The standard InChI is InChI=1S/C25H25FO3/c1-3-5-18-7-12-21(13-8-18)28-25(27)29-22-14-10-20(11-15-22)23-16-9-19(6-4-2)17-24(23)26/h7-17H,3-6H2,1-2H3. The van der Waals surface area contributed by atoms with E-state index in [9.17, 15) is 9.18 Å². The normalized spacial score (nSPS) is 10.6. The van der Waals surface area contributed by atoms with Gasteiger partial charge in [0.1, 0.15) is 17.3 Å². The van der Waals surface area contributed by atoms with Crippen molar-refractivity contribution in [3.63, 3.8) is 0 Å². The van der Waals surface area contributed by atoms with Crippen LogP contribution in [0.4, 0.5) is 9.18 Å². The lowest BCUT2D eigenvalue weighted by Crippen LogP contribution is -2.13. The van der Waals surface area contributed by atoms with Crippen molar-refractivity contribution in [3.8, 4) is 22.6 Å². The summed E-state index contributed by atoms with van der Waals surface area (Å²) >= 11 is 0. The summed E-state index contributed by atoms with van der Waals surface area (Å²) in [5.41, 5.74) is 3.42. The first kappa shape index (κ1) is 20.6. The number of ether oxygens (including phenoxy) is 2. The Morgan fingerprint density at radius 3 is 1.83 bits per heavy atom. The van der Waals surface area contributed by atoms with E-state index in [1.165, 1.54) is 5.56 Å². The maximum absolute atomic E-state index is 14.4. The first-order chi connectivity index (χ1) is 14.1. The van der Waals surface area contributed by atoms with Crippen LogP contribution in [0, 0.1) is 5.82 Å². The molecule has 0 spiro atoms. The highest BCUT2D eigenvalue weighted by atomic mass is 19.1. The molecule has 3 nitrogen and oxygen atoms in total. The molecule has 150 valence electrons. The van der Waals surface area contributed by atoms with Gasteiger partial charge in [0, 0.05) is 5.56 Å².